The standard InChI is InChI=1S/C18H27N3O3/c1-4-21(5-2)16(22)14-7-6-8-15(13-14)20-17(23)18(24-3)9-11-19-12-10-18/h6-8,13,19H,4-5,9-12H2,1-3H3,(H,20,23). The van der Waals surface area contributed by atoms with Gasteiger partial charge in [-0.25, -0.2) is 0 Å². The van der Waals surface area contributed by atoms with Crippen molar-refractivity contribution in [2.75, 3.05) is 38.6 Å². The van der Waals surface area contributed by atoms with E-state index in [9.17, 15) is 9.59 Å². The molecule has 1 fully saturated rings. The smallest absolute Gasteiger partial charge is 0.256 e. The van der Waals surface area contributed by atoms with Crippen molar-refractivity contribution in [3.8, 4) is 0 Å². The van der Waals surface area contributed by atoms with Crippen LogP contribution in [0.2, 0.25) is 0 Å². The van der Waals surface area contributed by atoms with Crippen LogP contribution in [0.3, 0.4) is 0 Å². The van der Waals surface area contributed by atoms with Gasteiger partial charge in [0.1, 0.15) is 5.60 Å². The molecule has 0 unspecified atom stereocenters. The molecule has 6 nitrogen and oxygen atoms in total. The van der Waals surface area contributed by atoms with Crippen molar-refractivity contribution < 1.29 is 14.3 Å². The molecule has 1 aromatic rings. The third-order valence-corrected chi connectivity index (χ3v) is 4.63. The fourth-order valence-corrected chi connectivity index (χ4v) is 3.02. The molecule has 0 spiro atoms. The lowest BCUT2D eigenvalue weighted by Gasteiger charge is -2.34. The van der Waals surface area contributed by atoms with E-state index in [0.29, 0.717) is 37.2 Å². The summed E-state index contributed by atoms with van der Waals surface area (Å²) in [7, 11) is 1.57. The highest BCUT2D eigenvalue weighted by Gasteiger charge is 2.39. The van der Waals surface area contributed by atoms with Crippen molar-refractivity contribution in [2.24, 2.45) is 0 Å². The van der Waals surface area contributed by atoms with Gasteiger partial charge in [0.15, 0.2) is 0 Å². The maximum absolute atomic E-state index is 12.7. The Kier molecular flexibility index (Phi) is 6.34. The Hall–Kier alpha value is -1.92. The summed E-state index contributed by atoms with van der Waals surface area (Å²) in [5, 5.41) is 6.14. The topological polar surface area (TPSA) is 70.7 Å². The number of benzene rings is 1. The van der Waals surface area contributed by atoms with E-state index >= 15 is 0 Å². The number of rotatable bonds is 6. The summed E-state index contributed by atoms with van der Waals surface area (Å²) in [5.74, 6) is -0.182. The van der Waals surface area contributed by atoms with E-state index in [2.05, 4.69) is 10.6 Å². The molecule has 0 saturated carbocycles. The number of hydrogen-bond acceptors (Lipinski definition) is 4. The molecular formula is C18H27N3O3. The molecular weight excluding hydrogens is 306 g/mol. The minimum atomic E-state index is -0.801. The van der Waals surface area contributed by atoms with Gasteiger partial charge < -0.3 is 20.3 Å². The lowest BCUT2D eigenvalue weighted by Crippen LogP contribution is -2.51. The highest BCUT2D eigenvalue weighted by atomic mass is 16.5. The molecule has 1 aliphatic heterocycles. The molecule has 0 aliphatic carbocycles. The molecule has 0 bridgehead atoms. The van der Waals surface area contributed by atoms with Crippen LogP contribution in [0.25, 0.3) is 0 Å². The first-order valence-electron chi connectivity index (χ1n) is 8.53. The van der Waals surface area contributed by atoms with Gasteiger partial charge >= 0.3 is 0 Å². The fourth-order valence-electron chi connectivity index (χ4n) is 3.02. The van der Waals surface area contributed by atoms with Gasteiger partial charge in [0.2, 0.25) is 0 Å². The molecule has 1 aromatic carbocycles. The monoisotopic (exact) mass is 333 g/mol. The van der Waals surface area contributed by atoms with Crippen molar-refractivity contribution in [1.82, 2.24) is 10.2 Å². The minimum Gasteiger partial charge on any atom is -0.368 e. The first-order chi connectivity index (χ1) is 11.6. The Labute approximate surface area is 143 Å². The molecule has 6 heteroatoms. The zero-order valence-electron chi connectivity index (χ0n) is 14.7. The largest absolute Gasteiger partial charge is 0.368 e. The second-order valence-corrected chi connectivity index (χ2v) is 5.96. The van der Waals surface area contributed by atoms with Crippen LogP contribution in [0.1, 0.15) is 37.0 Å². The first-order valence-corrected chi connectivity index (χ1v) is 8.53. The molecule has 1 saturated heterocycles. The number of ether oxygens (including phenoxy) is 1. The second-order valence-electron chi connectivity index (χ2n) is 5.96. The number of methoxy groups -OCH3 is 1. The van der Waals surface area contributed by atoms with Crippen LogP contribution in [-0.2, 0) is 9.53 Å². The van der Waals surface area contributed by atoms with Gasteiger partial charge in [0.05, 0.1) is 0 Å². The molecule has 2 rings (SSSR count). The van der Waals surface area contributed by atoms with E-state index in [1.807, 2.05) is 13.8 Å². The van der Waals surface area contributed by atoms with Gasteiger partial charge in [-0.05, 0) is 58.0 Å². The zero-order valence-corrected chi connectivity index (χ0v) is 14.7. The van der Waals surface area contributed by atoms with Crippen LogP contribution in [-0.4, -0.2) is 55.6 Å². The van der Waals surface area contributed by atoms with Crippen LogP contribution >= 0.6 is 0 Å². The van der Waals surface area contributed by atoms with Gasteiger partial charge in [0, 0.05) is 31.5 Å². The van der Waals surface area contributed by atoms with Gasteiger partial charge in [-0.15, -0.1) is 0 Å². The van der Waals surface area contributed by atoms with Crippen LogP contribution in [0, 0.1) is 0 Å². The molecule has 1 aliphatic rings. The number of carbonyl (C=O) groups excluding carboxylic acids is 2. The van der Waals surface area contributed by atoms with Crippen molar-refractivity contribution in [2.45, 2.75) is 32.3 Å². The SMILES string of the molecule is CCN(CC)C(=O)c1cccc(NC(=O)C2(OC)CCNCC2)c1. The van der Waals surface area contributed by atoms with E-state index in [1.165, 1.54) is 0 Å². The highest BCUT2D eigenvalue weighted by Crippen LogP contribution is 2.25. The summed E-state index contributed by atoms with van der Waals surface area (Å²) in [6, 6.07) is 7.07. The molecule has 2 N–H and O–H groups in total. The van der Waals surface area contributed by atoms with Crippen LogP contribution in [0.4, 0.5) is 5.69 Å². The summed E-state index contributed by atoms with van der Waals surface area (Å²) in [5.41, 5.74) is 0.394. The number of carbonyl (C=O) groups is 2. The second kappa shape index (κ2) is 8.26. The van der Waals surface area contributed by atoms with Gasteiger partial charge in [-0.2, -0.15) is 0 Å². The van der Waals surface area contributed by atoms with E-state index in [-0.39, 0.29) is 11.8 Å². The average Bonchev–Trinajstić information content (AvgIpc) is 2.63. The molecule has 2 amide bonds. The Morgan fingerprint density at radius 2 is 1.92 bits per heavy atom. The molecule has 24 heavy (non-hydrogen) atoms. The Morgan fingerprint density at radius 3 is 2.50 bits per heavy atom. The number of amides is 2. The Bertz CT molecular complexity index is 579. The Morgan fingerprint density at radius 1 is 1.25 bits per heavy atom. The van der Waals surface area contributed by atoms with Crippen molar-refractivity contribution in [3.63, 3.8) is 0 Å². The number of piperidine rings is 1. The normalized spacial score (nSPS) is 16.5. The third-order valence-electron chi connectivity index (χ3n) is 4.63. The maximum Gasteiger partial charge on any atom is 0.256 e. The van der Waals surface area contributed by atoms with Crippen LogP contribution in [0.15, 0.2) is 24.3 Å². The fraction of sp³-hybridized carbons (Fsp3) is 0.556. The van der Waals surface area contributed by atoms with Gasteiger partial charge in [-0.3, -0.25) is 9.59 Å². The summed E-state index contributed by atoms with van der Waals surface area (Å²) in [6.07, 6.45) is 1.26. The lowest BCUT2D eigenvalue weighted by molar-refractivity contribution is -0.140. The highest BCUT2D eigenvalue weighted by molar-refractivity contribution is 6.00. The van der Waals surface area contributed by atoms with Crippen LogP contribution in [0.5, 0.6) is 0 Å². The lowest BCUT2D eigenvalue weighted by atomic mass is 9.91. The Balaban J connectivity index is 2.14. The number of hydrogen-bond donors (Lipinski definition) is 2. The number of nitrogens with one attached hydrogen (secondary N) is 2. The summed E-state index contributed by atoms with van der Waals surface area (Å²) in [6.45, 7) is 6.72. The third kappa shape index (κ3) is 3.94. The molecule has 0 radical (unpaired) electrons. The van der Waals surface area contributed by atoms with E-state index in [4.69, 9.17) is 4.74 Å². The summed E-state index contributed by atoms with van der Waals surface area (Å²) in [4.78, 5) is 26.9. The van der Waals surface area contributed by atoms with Gasteiger partial charge in [-0.1, -0.05) is 6.07 Å². The van der Waals surface area contributed by atoms with Crippen LogP contribution < -0.4 is 10.6 Å². The number of nitrogens with zero attached hydrogens (tertiary/aromatic N) is 1. The molecule has 132 valence electrons. The zero-order chi connectivity index (χ0) is 17.6. The van der Waals surface area contributed by atoms with Crippen molar-refractivity contribution >= 4 is 17.5 Å². The van der Waals surface area contributed by atoms with E-state index < -0.39 is 5.60 Å². The molecule has 1 heterocycles. The molecule has 0 atom stereocenters. The molecule has 0 aromatic heterocycles. The van der Waals surface area contributed by atoms with E-state index in [1.54, 1.807) is 36.3 Å². The van der Waals surface area contributed by atoms with E-state index in [0.717, 1.165) is 13.1 Å². The van der Waals surface area contributed by atoms with Gasteiger partial charge in [0.25, 0.3) is 11.8 Å². The van der Waals surface area contributed by atoms with Crippen molar-refractivity contribution in [3.05, 3.63) is 29.8 Å². The predicted octanol–water partition coefficient (Wildman–Crippen LogP) is 1.88. The average molecular weight is 333 g/mol. The van der Waals surface area contributed by atoms with Crippen molar-refractivity contribution in [1.29, 1.82) is 0 Å². The summed E-state index contributed by atoms with van der Waals surface area (Å²) < 4.78 is 5.54. The quantitative estimate of drug-likeness (QED) is 0.834. The summed E-state index contributed by atoms with van der Waals surface area (Å²) >= 11 is 0. The predicted molar refractivity (Wildman–Crippen MR) is 94.2 cm³/mol. The number of anilines is 1. The maximum atomic E-state index is 12.7. The minimum absolute atomic E-state index is 0.0283. The first kappa shape index (κ1) is 18.4.